The van der Waals surface area contributed by atoms with Gasteiger partial charge in [0.15, 0.2) is 12.1 Å². The van der Waals surface area contributed by atoms with Crippen molar-refractivity contribution in [1.82, 2.24) is 19.7 Å². The summed E-state index contributed by atoms with van der Waals surface area (Å²) in [7, 11) is 0. The largest absolute Gasteiger partial charge is 0.298 e. The van der Waals surface area contributed by atoms with Crippen LogP contribution in [0.5, 0.6) is 0 Å². The maximum atomic E-state index is 11.4. The Balaban J connectivity index is 2.12. The normalized spacial score (nSPS) is 10.7. The molecule has 3 aromatic rings. The highest BCUT2D eigenvalue weighted by Crippen LogP contribution is 2.24. The molecule has 2 aromatic heterocycles. The minimum absolute atomic E-state index is 0.524. The summed E-state index contributed by atoms with van der Waals surface area (Å²) in [6, 6.07) is 9.50. The van der Waals surface area contributed by atoms with Crippen LogP contribution in [0.3, 0.4) is 0 Å². The molecule has 0 radical (unpaired) electrons. The van der Waals surface area contributed by atoms with Crippen LogP contribution in [0.25, 0.3) is 17.1 Å². The van der Waals surface area contributed by atoms with E-state index in [0.29, 0.717) is 22.9 Å². The molecule has 0 fully saturated rings. The Bertz CT molecular complexity index is 820. The van der Waals surface area contributed by atoms with Crippen LogP contribution in [-0.2, 0) is 0 Å². The number of hydrogen-bond donors (Lipinski definition) is 0. The first-order valence-corrected chi connectivity index (χ1v) is 7.49. The van der Waals surface area contributed by atoms with Gasteiger partial charge in [0.25, 0.3) is 0 Å². The molecular weight excluding hydrogens is 344 g/mol. The number of hydrogen-bond acceptors (Lipinski definition) is 4. The fourth-order valence-electron chi connectivity index (χ4n) is 2.24. The molecule has 0 saturated carbocycles. The van der Waals surface area contributed by atoms with E-state index in [1.807, 2.05) is 44.2 Å². The molecule has 0 N–H and O–H groups in total. The lowest BCUT2D eigenvalue weighted by atomic mass is 10.1. The summed E-state index contributed by atoms with van der Waals surface area (Å²) in [6.07, 6.45) is 2.49. The highest BCUT2D eigenvalue weighted by atomic mass is 79.9. The topological polar surface area (TPSA) is 60.7 Å². The first-order valence-electron chi connectivity index (χ1n) is 6.70. The molecule has 0 aliphatic heterocycles. The number of aromatic nitrogens is 4. The van der Waals surface area contributed by atoms with E-state index in [1.165, 1.54) is 0 Å². The standard InChI is InChI=1S/C16H13BrN4O/c1-10-7-15(19-11(2)18-10)21-8-13(9-22)16(20-21)12-3-5-14(17)6-4-12/h3-9H,1-2H3. The lowest BCUT2D eigenvalue weighted by Crippen LogP contribution is -2.02. The third kappa shape index (κ3) is 2.82. The average Bonchev–Trinajstić information content (AvgIpc) is 2.91. The van der Waals surface area contributed by atoms with E-state index in [9.17, 15) is 4.79 Å². The fraction of sp³-hybridized carbons (Fsp3) is 0.125. The number of nitrogens with zero attached hydrogens (tertiary/aromatic N) is 4. The predicted molar refractivity (Wildman–Crippen MR) is 87.2 cm³/mol. The van der Waals surface area contributed by atoms with E-state index in [4.69, 9.17) is 0 Å². The van der Waals surface area contributed by atoms with Crippen molar-refractivity contribution in [3.63, 3.8) is 0 Å². The Labute approximate surface area is 136 Å². The first-order chi connectivity index (χ1) is 10.6. The molecule has 0 aliphatic carbocycles. The van der Waals surface area contributed by atoms with Crippen molar-refractivity contribution in [2.24, 2.45) is 0 Å². The van der Waals surface area contributed by atoms with Crippen molar-refractivity contribution in [2.75, 3.05) is 0 Å². The molecule has 0 spiro atoms. The van der Waals surface area contributed by atoms with Gasteiger partial charge in [0.1, 0.15) is 11.5 Å². The third-order valence-corrected chi connectivity index (χ3v) is 3.70. The van der Waals surface area contributed by atoms with Crippen LogP contribution < -0.4 is 0 Å². The lowest BCUT2D eigenvalue weighted by Gasteiger charge is -2.03. The quantitative estimate of drug-likeness (QED) is 0.673. The van der Waals surface area contributed by atoms with E-state index in [1.54, 1.807) is 10.9 Å². The number of carbonyl (C=O) groups is 1. The number of rotatable bonds is 3. The molecule has 0 atom stereocenters. The molecule has 0 unspecified atom stereocenters. The molecule has 110 valence electrons. The average molecular weight is 357 g/mol. The Kier molecular flexibility index (Phi) is 3.85. The van der Waals surface area contributed by atoms with Crippen LogP contribution in [0.2, 0.25) is 0 Å². The van der Waals surface area contributed by atoms with E-state index >= 15 is 0 Å². The molecular formula is C16H13BrN4O. The van der Waals surface area contributed by atoms with Crippen molar-refractivity contribution in [2.45, 2.75) is 13.8 Å². The van der Waals surface area contributed by atoms with Crippen LogP contribution in [0, 0.1) is 13.8 Å². The van der Waals surface area contributed by atoms with E-state index in [0.717, 1.165) is 22.0 Å². The molecule has 0 saturated heterocycles. The zero-order valence-electron chi connectivity index (χ0n) is 12.1. The summed E-state index contributed by atoms with van der Waals surface area (Å²) in [5.41, 5.74) is 2.90. The SMILES string of the molecule is Cc1cc(-n2cc(C=O)c(-c3ccc(Br)cc3)n2)nc(C)n1. The minimum Gasteiger partial charge on any atom is -0.298 e. The molecule has 0 amide bonds. The van der Waals surface area contributed by atoms with E-state index in [-0.39, 0.29) is 0 Å². The van der Waals surface area contributed by atoms with Gasteiger partial charge in [-0.1, -0.05) is 28.1 Å². The maximum Gasteiger partial charge on any atom is 0.157 e. The van der Waals surface area contributed by atoms with Crippen molar-refractivity contribution in [3.05, 3.63) is 58.1 Å². The highest BCUT2D eigenvalue weighted by molar-refractivity contribution is 9.10. The summed E-state index contributed by atoms with van der Waals surface area (Å²) in [5, 5.41) is 4.51. The molecule has 6 heteroatoms. The third-order valence-electron chi connectivity index (χ3n) is 3.17. The Morgan fingerprint density at radius 1 is 1.14 bits per heavy atom. The van der Waals surface area contributed by atoms with E-state index in [2.05, 4.69) is 31.0 Å². The molecule has 0 bridgehead atoms. The van der Waals surface area contributed by atoms with Crippen molar-refractivity contribution in [1.29, 1.82) is 0 Å². The van der Waals surface area contributed by atoms with Gasteiger partial charge in [-0.05, 0) is 26.0 Å². The van der Waals surface area contributed by atoms with Crippen molar-refractivity contribution in [3.8, 4) is 17.1 Å². The summed E-state index contributed by atoms with van der Waals surface area (Å²) in [4.78, 5) is 20.0. The van der Waals surface area contributed by atoms with Gasteiger partial charge in [-0.15, -0.1) is 0 Å². The molecule has 22 heavy (non-hydrogen) atoms. The Morgan fingerprint density at radius 3 is 2.50 bits per heavy atom. The fourth-order valence-corrected chi connectivity index (χ4v) is 2.50. The molecule has 5 nitrogen and oxygen atoms in total. The highest BCUT2D eigenvalue weighted by Gasteiger charge is 2.13. The second-order valence-electron chi connectivity index (χ2n) is 4.92. The van der Waals surface area contributed by atoms with Gasteiger partial charge in [-0.25, -0.2) is 14.6 Å². The Hall–Kier alpha value is -2.34. The first kappa shape index (κ1) is 14.6. The van der Waals surface area contributed by atoms with Gasteiger partial charge in [0.2, 0.25) is 0 Å². The van der Waals surface area contributed by atoms with Gasteiger partial charge < -0.3 is 0 Å². The van der Waals surface area contributed by atoms with Gasteiger partial charge in [0.05, 0.1) is 5.56 Å². The summed E-state index contributed by atoms with van der Waals surface area (Å²) in [6.45, 7) is 3.73. The number of halogens is 1. The zero-order valence-corrected chi connectivity index (χ0v) is 13.7. The van der Waals surface area contributed by atoms with Crippen LogP contribution in [0.15, 0.2) is 41.0 Å². The van der Waals surface area contributed by atoms with Gasteiger partial charge >= 0.3 is 0 Å². The minimum atomic E-state index is 0.524. The second kappa shape index (κ2) is 5.81. The second-order valence-corrected chi connectivity index (χ2v) is 5.83. The number of aryl methyl sites for hydroxylation is 2. The number of carbonyl (C=O) groups excluding carboxylic acids is 1. The monoisotopic (exact) mass is 356 g/mol. The molecule has 0 aliphatic rings. The molecule has 1 aromatic carbocycles. The van der Waals surface area contributed by atoms with Crippen molar-refractivity contribution >= 4 is 22.2 Å². The van der Waals surface area contributed by atoms with Crippen LogP contribution >= 0.6 is 15.9 Å². The Morgan fingerprint density at radius 2 is 1.86 bits per heavy atom. The molecule has 2 heterocycles. The zero-order chi connectivity index (χ0) is 15.7. The maximum absolute atomic E-state index is 11.4. The van der Waals surface area contributed by atoms with Crippen molar-refractivity contribution < 1.29 is 4.79 Å². The lowest BCUT2D eigenvalue weighted by molar-refractivity contribution is 0.112. The summed E-state index contributed by atoms with van der Waals surface area (Å²) in [5.74, 6) is 1.32. The number of benzene rings is 1. The predicted octanol–water partition coefficient (Wildman–Crippen LogP) is 3.52. The van der Waals surface area contributed by atoms with Crippen LogP contribution in [-0.4, -0.2) is 26.0 Å². The van der Waals surface area contributed by atoms with Crippen LogP contribution in [0.4, 0.5) is 0 Å². The van der Waals surface area contributed by atoms with Gasteiger partial charge in [-0.3, -0.25) is 4.79 Å². The molecule has 3 rings (SSSR count). The van der Waals surface area contributed by atoms with Gasteiger partial charge in [-0.2, -0.15) is 5.10 Å². The van der Waals surface area contributed by atoms with Gasteiger partial charge in [0, 0.05) is 28.0 Å². The summed E-state index contributed by atoms with van der Waals surface area (Å²) >= 11 is 3.40. The summed E-state index contributed by atoms with van der Waals surface area (Å²) < 4.78 is 2.59. The number of aldehydes is 1. The smallest absolute Gasteiger partial charge is 0.157 e. The van der Waals surface area contributed by atoms with E-state index < -0.39 is 0 Å². The van der Waals surface area contributed by atoms with Crippen LogP contribution in [0.1, 0.15) is 21.9 Å².